The molecule has 106 valence electrons. The molecule has 2 N–H and O–H groups in total. The van der Waals surface area contributed by atoms with Crippen LogP contribution in [0.5, 0.6) is 0 Å². The lowest BCUT2D eigenvalue weighted by molar-refractivity contribution is 0.736. The van der Waals surface area contributed by atoms with Gasteiger partial charge in [0.25, 0.3) is 0 Å². The second kappa shape index (κ2) is 6.52. The van der Waals surface area contributed by atoms with Crippen LogP contribution >= 0.6 is 12.2 Å². The normalized spacial score (nSPS) is 10.3. The van der Waals surface area contributed by atoms with Crippen LogP contribution in [0.2, 0.25) is 0 Å². The summed E-state index contributed by atoms with van der Waals surface area (Å²) in [6.45, 7) is 4.86. The zero-order valence-electron chi connectivity index (χ0n) is 12.1. The van der Waals surface area contributed by atoms with Crippen molar-refractivity contribution in [2.45, 2.75) is 26.8 Å². The van der Waals surface area contributed by atoms with Gasteiger partial charge in [-0.25, -0.2) is 0 Å². The van der Waals surface area contributed by atoms with E-state index in [1.165, 1.54) is 5.56 Å². The highest BCUT2D eigenvalue weighted by Gasteiger charge is 2.05. The van der Waals surface area contributed by atoms with Crippen LogP contribution < -0.4 is 10.6 Å². The second-order valence-corrected chi connectivity index (χ2v) is 5.11. The molecule has 1 heterocycles. The number of benzene rings is 1. The van der Waals surface area contributed by atoms with Crippen LogP contribution in [0.3, 0.4) is 0 Å². The summed E-state index contributed by atoms with van der Waals surface area (Å²) >= 11 is 5.34. The molecule has 0 bridgehead atoms. The lowest BCUT2D eigenvalue weighted by atomic mass is 10.1. The van der Waals surface area contributed by atoms with E-state index in [1.807, 2.05) is 43.0 Å². The fourth-order valence-corrected chi connectivity index (χ4v) is 2.19. The van der Waals surface area contributed by atoms with Crippen molar-refractivity contribution < 1.29 is 0 Å². The number of aromatic nitrogens is 2. The van der Waals surface area contributed by atoms with Gasteiger partial charge in [0, 0.05) is 30.5 Å². The van der Waals surface area contributed by atoms with Crippen molar-refractivity contribution in [3.8, 4) is 0 Å². The molecule has 5 heteroatoms. The molecule has 0 spiro atoms. The predicted octanol–water partition coefficient (Wildman–Crippen LogP) is 2.78. The first-order valence-corrected chi connectivity index (χ1v) is 7.13. The summed E-state index contributed by atoms with van der Waals surface area (Å²) in [7, 11) is 1.94. The fraction of sp³-hybridized carbons (Fsp3) is 0.333. The summed E-state index contributed by atoms with van der Waals surface area (Å²) in [5.41, 5.74) is 4.62. The number of hydrogen-bond acceptors (Lipinski definition) is 2. The number of nitrogens with one attached hydrogen (secondary N) is 2. The number of aryl methyl sites for hydroxylation is 2. The predicted molar refractivity (Wildman–Crippen MR) is 86.8 cm³/mol. The maximum Gasteiger partial charge on any atom is 0.171 e. The summed E-state index contributed by atoms with van der Waals surface area (Å²) in [6, 6.07) is 8.20. The van der Waals surface area contributed by atoms with Crippen molar-refractivity contribution in [2.75, 3.05) is 5.32 Å². The maximum absolute atomic E-state index is 5.34. The van der Waals surface area contributed by atoms with E-state index in [1.54, 1.807) is 0 Å². The van der Waals surface area contributed by atoms with Crippen LogP contribution in [0, 0.1) is 6.92 Å². The topological polar surface area (TPSA) is 41.9 Å². The molecule has 0 unspecified atom stereocenters. The minimum atomic E-state index is 0.633. The molecule has 0 radical (unpaired) electrons. The van der Waals surface area contributed by atoms with E-state index >= 15 is 0 Å². The van der Waals surface area contributed by atoms with Crippen LogP contribution in [0.15, 0.2) is 30.5 Å². The summed E-state index contributed by atoms with van der Waals surface area (Å²) in [5, 5.41) is 11.3. The Hall–Kier alpha value is -1.88. The molecule has 2 aromatic rings. The van der Waals surface area contributed by atoms with Crippen molar-refractivity contribution >= 4 is 23.0 Å². The van der Waals surface area contributed by atoms with Gasteiger partial charge in [-0.1, -0.05) is 25.1 Å². The van der Waals surface area contributed by atoms with Gasteiger partial charge in [-0.3, -0.25) is 4.68 Å². The van der Waals surface area contributed by atoms with Gasteiger partial charge in [0.1, 0.15) is 0 Å². The third kappa shape index (κ3) is 3.36. The van der Waals surface area contributed by atoms with Crippen LogP contribution in [-0.4, -0.2) is 14.9 Å². The molecule has 0 aliphatic carbocycles. The zero-order chi connectivity index (χ0) is 14.5. The molecule has 4 nitrogen and oxygen atoms in total. The highest BCUT2D eigenvalue weighted by molar-refractivity contribution is 7.80. The minimum absolute atomic E-state index is 0.633. The van der Waals surface area contributed by atoms with Crippen LogP contribution in [0.4, 0.5) is 5.69 Å². The molecule has 0 saturated heterocycles. The molecule has 0 saturated carbocycles. The summed E-state index contributed by atoms with van der Waals surface area (Å²) in [6.07, 6.45) is 2.85. The van der Waals surface area contributed by atoms with Gasteiger partial charge >= 0.3 is 0 Å². The standard InChI is InChI=1S/C15H20N4S/c1-4-12-7-5-6-8-14(12)18-15(20)16-9-13-10-17-19(3)11(13)2/h5-8,10H,4,9H2,1-3H3,(H2,16,18,20). The molecule has 0 fully saturated rings. The lowest BCUT2D eigenvalue weighted by Gasteiger charge is -2.13. The highest BCUT2D eigenvalue weighted by Crippen LogP contribution is 2.15. The van der Waals surface area contributed by atoms with Crippen molar-refractivity contribution in [2.24, 2.45) is 7.05 Å². The van der Waals surface area contributed by atoms with E-state index < -0.39 is 0 Å². The smallest absolute Gasteiger partial charge is 0.171 e. The molecule has 1 aromatic heterocycles. The Kier molecular flexibility index (Phi) is 4.74. The van der Waals surface area contributed by atoms with E-state index in [2.05, 4.69) is 28.7 Å². The van der Waals surface area contributed by atoms with Gasteiger partial charge in [0.15, 0.2) is 5.11 Å². The number of thiocarbonyl (C=S) groups is 1. The number of hydrogen-bond donors (Lipinski definition) is 2. The van der Waals surface area contributed by atoms with E-state index in [-0.39, 0.29) is 0 Å². The second-order valence-electron chi connectivity index (χ2n) is 4.70. The third-order valence-electron chi connectivity index (χ3n) is 3.42. The van der Waals surface area contributed by atoms with Crippen LogP contribution in [0.1, 0.15) is 23.7 Å². The Morgan fingerprint density at radius 1 is 1.30 bits per heavy atom. The molecular formula is C15H20N4S. The van der Waals surface area contributed by atoms with E-state index in [9.17, 15) is 0 Å². The number of rotatable bonds is 4. The highest BCUT2D eigenvalue weighted by atomic mass is 32.1. The molecule has 20 heavy (non-hydrogen) atoms. The number of nitrogens with zero attached hydrogens (tertiary/aromatic N) is 2. The van der Waals surface area contributed by atoms with Gasteiger partial charge in [-0.05, 0) is 37.2 Å². The molecule has 0 aliphatic heterocycles. The van der Waals surface area contributed by atoms with Crippen LogP contribution in [-0.2, 0) is 20.0 Å². The van der Waals surface area contributed by atoms with Crippen LogP contribution in [0.25, 0.3) is 0 Å². The largest absolute Gasteiger partial charge is 0.358 e. The molecule has 1 aromatic carbocycles. The molecule has 0 aliphatic rings. The van der Waals surface area contributed by atoms with E-state index in [4.69, 9.17) is 12.2 Å². The molecule has 2 rings (SSSR count). The average Bonchev–Trinajstić information content (AvgIpc) is 2.77. The van der Waals surface area contributed by atoms with E-state index in [0.29, 0.717) is 11.7 Å². The quantitative estimate of drug-likeness (QED) is 0.849. The molecule has 0 atom stereocenters. The summed E-state index contributed by atoms with van der Waals surface area (Å²) < 4.78 is 1.86. The Bertz CT molecular complexity index is 604. The minimum Gasteiger partial charge on any atom is -0.358 e. The first-order valence-electron chi connectivity index (χ1n) is 6.72. The van der Waals surface area contributed by atoms with Gasteiger partial charge in [0.2, 0.25) is 0 Å². The number of para-hydroxylation sites is 1. The van der Waals surface area contributed by atoms with Gasteiger partial charge < -0.3 is 10.6 Å². The first kappa shape index (κ1) is 14.5. The summed E-state index contributed by atoms with van der Waals surface area (Å²) in [4.78, 5) is 0. The maximum atomic E-state index is 5.34. The third-order valence-corrected chi connectivity index (χ3v) is 3.67. The van der Waals surface area contributed by atoms with Crippen molar-refractivity contribution in [3.05, 3.63) is 47.3 Å². The average molecular weight is 288 g/mol. The van der Waals surface area contributed by atoms with Crippen molar-refractivity contribution in [1.29, 1.82) is 0 Å². The van der Waals surface area contributed by atoms with E-state index in [0.717, 1.165) is 23.4 Å². The van der Waals surface area contributed by atoms with Gasteiger partial charge in [-0.2, -0.15) is 5.10 Å². The monoisotopic (exact) mass is 288 g/mol. The first-order chi connectivity index (χ1) is 9.61. The number of anilines is 1. The van der Waals surface area contributed by atoms with Gasteiger partial charge in [-0.15, -0.1) is 0 Å². The Morgan fingerprint density at radius 2 is 2.05 bits per heavy atom. The molecule has 0 amide bonds. The van der Waals surface area contributed by atoms with Gasteiger partial charge in [0.05, 0.1) is 6.20 Å². The Labute approximate surface area is 125 Å². The molecular weight excluding hydrogens is 268 g/mol. The summed E-state index contributed by atoms with van der Waals surface area (Å²) in [5.74, 6) is 0. The SMILES string of the molecule is CCc1ccccc1NC(=S)NCc1cnn(C)c1C. The zero-order valence-corrected chi connectivity index (χ0v) is 12.9. The fourth-order valence-electron chi connectivity index (χ4n) is 2.01. The lowest BCUT2D eigenvalue weighted by Crippen LogP contribution is -2.28. The van der Waals surface area contributed by atoms with Crippen molar-refractivity contribution in [3.63, 3.8) is 0 Å². The Balaban J connectivity index is 1.94. The Morgan fingerprint density at radius 3 is 2.70 bits per heavy atom. The van der Waals surface area contributed by atoms with Crippen molar-refractivity contribution in [1.82, 2.24) is 15.1 Å².